The number of nitrogens with zero attached hydrogens (tertiary/aromatic N) is 3. The van der Waals surface area contributed by atoms with Gasteiger partial charge in [0.25, 0.3) is 0 Å². The Morgan fingerprint density at radius 2 is 1.93 bits per heavy atom. The summed E-state index contributed by atoms with van der Waals surface area (Å²) in [6.07, 6.45) is 11.8. The zero-order valence-corrected chi connectivity index (χ0v) is 16.9. The van der Waals surface area contributed by atoms with Crippen molar-refractivity contribution < 1.29 is 4.79 Å². The third-order valence-corrected chi connectivity index (χ3v) is 7.92. The number of carbonyl (C=O) groups is 1. The van der Waals surface area contributed by atoms with Gasteiger partial charge in [0.1, 0.15) is 0 Å². The summed E-state index contributed by atoms with van der Waals surface area (Å²) >= 11 is 0. The largest absolute Gasteiger partial charge is 0.368 e. The molecule has 5 fully saturated rings. The molecule has 4 aliphatic carbocycles. The van der Waals surface area contributed by atoms with E-state index in [4.69, 9.17) is 5.73 Å². The minimum Gasteiger partial charge on any atom is -0.368 e. The van der Waals surface area contributed by atoms with E-state index in [1.165, 1.54) is 38.5 Å². The Hall–Kier alpha value is -1.69. The van der Waals surface area contributed by atoms with E-state index in [-0.39, 0.29) is 17.5 Å². The fourth-order valence-electron chi connectivity index (χ4n) is 7.01. The van der Waals surface area contributed by atoms with Gasteiger partial charge in [-0.05, 0) is 88.7 Å². The van der Waals surface area contributed by atoms with Crippen molar-refractivity contribution in [3.8, 4) is 0 Å². The van der Waals surface area contributed by atoms with Crippen LogP contribution in [0.5, 0.6) is 0 Å². The predicted octanol–water partition coefficient (Wildman–Crippen LogP) is 2.71. The Labute approximate surface area is 167 Å². The Balaban J connectivity index is 1.24. The second kappa shape index (κ2) is 6.97. The van der Waals surface area contributed by atoms with Crippen LogP contribution in [0.4, 0.5) is 5.95 Å². The Morgan fingerprint density at radius 3 is 2.57 bits per heavy atom. The monoisotopic (exact) mass is 383 g/mol. The molecule has 4 bridgehead atoms. The van der Waals surface area contributed by atoms with Gasteiger partial charge in [-0.25, -0.2) is 9.97 Å². The first-order valence-corrected chi connectivity index (χ1v) is 11.1. The number of carbonyl (C=O) groups excluding carboxylic acids is 1. The third kappa shape index (κ3) is 3.40. The van der Waals surface area contributed by atoms with Gasteiger partial charge < -0.3 is 11.1 Å². The fourth-order valence-corrected chi connectivity index (χ4v) is 7.01. The van der Waals surface area contributed by atoms with Crippen LogP contribution in [-0.2, 0) is 4.79 Å². The van der Waals surface area contributed by atoms with E-state index in [2.05, 4.69) is 27.1 Å². The molecule has 1 saturated heterocycles. The highest BCUT2D eigenvalue weighted by molar-refractivity contribution is 5.82. The number of anilines is 1. The Bertz CT molecular complexity index is 715. The molecule has 1 aliphatic heterocycles. The van der Waals surface area contributed by atoms with Gasteiger partial charge in [-0.15, -0.1) is 0 Å². The molecule has 1 aromatic heterocycles. The highest BCUT2D eigenvalue weighted by atomic mass is 16.2. The van der Waals surface area contributed by atoms with Crippen molar-refractivity contribution in [3.05, 3.63) is 18.0 Å². The molecule has 6 nitrogen and oxygen atoms in total. The molecular weight excluding hydrogens is 350 g/mol. The number of hydrogen-bond acceptors (Lipinski definition) is 5. The molecule has 6 heteroatoms. The van der Waals surface area contributed by atoms with Gasteiger partial charge in [0.2, 0.25) is 11.9 Å². The molecule has 3 N–H and O–H groups in total. The average Bonchev–Trinajstić information content (AvgIpc) is 2.66. The first kappa shape index (κ1) is 18.3. The number of rotatable bonds is 4. The average molecular weight is 384 g/mol. The minimum absolute atomic E-state index is 0.0880. The van der Waals surface area contributed by atoms with Crippen LogP contribution in [0.1, 0.15) is 69.9 Å². The smallest absolute Gasteiger partial charge is 0.237 e. The molecule has 28 heavy (non-hydrogen) atoms. The van der Waals surface area contributed by atoms with Crippen molar-refractivity contribution in [2.24, 2.45) is 17.8 Å². The fraction of sp³-hybridized carbons (Fsp3) is 0.773. The number of piperidine rings is 1. The van der Waals surface area contributed by atoms with Crippen molar-refractivity contribution in [1.29, 1.82) is 0 Å². The number of aromatic nitrogens is 2. The molecule has 1 amide bonds. The van der Waals surface area contributed by atoms with Gasteiger partial charge in [0, 0.05) is 24.2 Å². The van der Waals surface area contributed by atoms with E-state index >= 15 is 0 Å². The van der Waals surface area contributed by atoms with Crippen LogP contribution in [0.25, 0.3) is 0 Å². The summed E-state index contributed by atoms with van der Waals surface area (Å²) in [6.45, 7) is 3.92. The topological polar surface area (TPSA) is 84.1 Å². The number of nitrogens with two attached hydrogens (primary N) is 1. The quantitative estimate of drug-likeness (QED) is 0.835. The lowest BCUT2D eigenvalue weighted by Gasteiger charge is -2.57. The normalized spacial score (nSPS) is 38.3. The number of amides is 1. The van der Waals surface area contributed by atoms with E-state index in [9.17, 15) is 4.79 Å². The van der Waals surface area contributed by atoms with Gasteiger partial charge in [-0.3, -0.25) is 9.69 Å². The molecule has 152 valence electrons. The zero-order valence-electron chi connectivity index (χ0n) is 16.9. The van der Waals surface area contributed by atoms with E-state index in [0.717, 1.165) is 49.4 Å². The second-order valence-electron chi connectivity index (χ2n) is 10.0. The maximum absolute atomic E-state index is 13.2. The van der Waals surface area contributed by atoms with Crippen molar-refractivity contribution in [2.75, 3.05) is 18.8 Å². The molecule has 0 aromatic carbocycles. The van der Waals surface area contributed by atoms with Crippen molar-refractivity contribution in [2.45, 2.75) is 75.8 Å². The van der Waals surface area contributed by atoms with Crippen LogP contribution < -0.4 is 11.1 Å². The van der Waals surface area contributed by atoms with Gasteiger partial charge in [0.05, 0.1) is 11.7 Å². The van der Waals surface area contributed by atoms with Gasteiger partial charge in [0.15, 0.2) is 0 Å². The summed E-state index contributed by atoms with van der Waals surface area (Å²) in [5.74, 6) is 3.44. The molecule has 2 heterocycles. The second-order valence-corrected chi connectivity index (χ2v) is 10.0. The summed E-state index contributed by atoms with van der Waals surface area (Å²) in [6, 6.07) is 1.88. The standard InChI is InChI=1S/C22H33N5O/c1-14(27-6-2-3-18(13-27)19-4-5-24-21(23)25-19)20(28)26-22-10-15-7-16(11-22)9-17(8-15)12-22/h4-5,14-18H,2-3,6-13H2,1H3,(H,26,28)(H2,23,24,25)/t14-,15?,16?,17?,18-,22?/m0/s1. The summed E-state index contributed by atoms with van der Waals surface area (Å²) in [4.78, 5) is 24.0. The lowest BCUT2D eigenvalue weighted by Crippen LogP contribution is -2.62. The highest BCUT2D eigenvalue weighted by Gasteiger charge is 2.51. The lowest BCUT2D eigenvalue weighted by atomic mass is 9.53. The number of nitrogen functional groups attached to an aromatic ring is 1. The Kier molecular flexibility index (Phi) is 4.57. The minimum atomic E-state index is -0.0880. The van der Waals surface area contributed by atoms with Crippen LogP contribution in [0, 0.1) is 17.8 Å². The zero-order chi connectivity index (χ0) is 19.3. The van der Waals surface area contributed by atoms with E-state index in [0.29, 0.717) is 11.9 Å². The number of nitrogens with one attached hydrogen (secondary N) is 1. The molecule has 0 spiro atoms. The van der Waals surface area contributed by atoms with Crippen LogP contribution in [0.3, 0.4) is 0 Å². The molecule has 0 unspecified atom stereocenters. The van der Waals surface area contributed by atoms with Gasteiger partial charge in [-0.2, -0.15) is 0 Å². The number of hydrogen-bond donors (Lipinski definition) is 2. The first-order chi connectivity index (χ1) is 13.5. The molecule has 1 aromatic rings. The highest BCUT2D eigenvalue weighted by Crippen LogP contribution is 2.55. The summed E-state index contributed by atoms with van der Waals surface area (Å²) in [5, 5.41) is 3.56. The van der Waals surface area contributed by atoms with Crippen molar-refractivity contribution >= 4 is 11.9 Å². The molecule has 0 radical (unpaired) electrons. The molecular formula is C22H33N5O. The van der Waals surface area contributed by atoms with E-state index in [1.54, 1.807) is 6.20 Å². The van der Waals surface area contributed by atoms with Gasteiger partial charge >= 0.3 is 0 Å². The van der Waals surface area contributed by atoms with E-state index < -0.39 is 0 Å². The maximum Gasteiger partial charge on any atom is 0.237 e. The predicted molar refractivity (Wildman–Crippen MR) is 109 cm³/mol. The summed E-state index contributed by atoms with van der Waals surface area (Å²) < 4.78 is 0. The van der Waals surface area contributed by atoms with Crippen molar-refractivity contribution in [1.82, 2.24) is 20.2 Å². The molecule has 4 saturated carbocycles. The lowest BCUT2D eigenvalue weighted by molar-refractivity contribution is -0.132. The summed E-state index contributed by atoms with van der Waals surface area (Å²) in [5.41, 5.74) is 6.87. The number of likely N-dealkylation sites (tertiary alicyclic amines) is 1. The van der Waals surface area contributed by atoms with Gasteiger partial charge in [-0.1, -0.05) is 0 Å². The van der Waals surface area contributed by atoms with Crippen LogP contribution in [0.2, 0.25) is 0 Å². The third-order valence-electron chi connectivity index (χ3n) is 7.92. The molecule has 5 aliphatic rings. The van der Waals surface area contributed by atoms with Crippen LogP contribution in [0.15, 0.2) is 12.3 Å². The SMILES string of the molecule is C[C@@H](C(=O)NC12CC3CC(CC(C3)C1)C2)N1CCC[C@H](c2ccnc(N)n2)C1. The van der Waals surface area contributed by atoms with Crippen LogP contribution in [-0.4, -0.2) is 45.4 Å². The molecule has 6 rings (SSSR count). The van der Waals surface area contributed by atoms with Crippen molar-refractivity contribution in [3.63, 3.8) is 0 Å². The summed E-state index contributed by atoms with van der Waals surface area (Å²) in [7, 11) is 0. The first-order valence-electron chi connectivity index (χ1n) is 11.1. The molecule has 2 atom stereocenters. The maximum atomic E-state index is 13.2. The Morgan fingerprint density at radius 1 is 1.25 bits per heavy atom. The van der Waals surface area contributed by atoms with E-state index in [1.807, 2.05) is 6.07 Å². The van der Waals surface area contributed by atoms with Crippen LogP contribution >= 0.6 is 0 Å².